The summed E-state index contributed by atoms with van der Waals surface area (Å²) in [6.45, 7) is 3.23. The van der Waals surface area contributed by atoms with E-state index in [1.165, 1.54) is 10.5 Å². The number of hydrogen-bond acceptors (Lipinski definition) is 4. The van der Waals surface area contributed by atoms with Crippen molar-refractivity contribution < 1.29 is 13.9 Å². The number of nitrogens with one attached hydrogen (secondary N) is 1. The van der Waals surface area contributed by atoms with E-state index in [-0.39, 0.29) is 13.0 Å². The third kappa shape index (κ3) is 5.92. The molecule has 1 N–H and O–H groups in total. The summed E-state index contributed by atoms with van der Waals surface area (Å²) in [5.74, 6) is 0. The summed E-state index contributed by atoms with van der Waals surface area (Å²) in [5, 5.41) is 3.42. The molecule has 156 valence electrons. The molecular formula is C23H30FN3O2. The lowest BCUT2D eigenvalue weighted by Gasteiger charge is -2.25. The molecule has 3 rings (SSSR count). The van der Waals surface area contributed by atoms with E-state index in [0.29, 0.717) is 12.3 Å². The first-order valence-electron chi connectivity index (χ1n) is 10.5. The number of aryl methyl sites for hydroxylation is 1. The number of unbranched alkanes of at least 4 members (excludes halogenated alkanes) is 1. The van der Waals surface area contributed by atoms with E-state index in [9.17, 15) is 9.18 Å². The highest BCUT2D eigenvalue weighted by Gasteiger charge is 2.39. The van der Waals surface area contributed by atoms with E-state index in [4.69, 9.17) is 4.74 Å². The third-order valence-corrected chi connectivity index (χ3v) is 5.16. The number of pyridine rings is 1. The second kappa shape index (κ2) is 10.8. The quantitative estimate of drug-likeness (QED) is 0.593. The Morgan fingerprint density at radius 1 is 1.24 bits per heavy atom. The first-order valence-corrected chi connectivity index (χ1v) is 10.5. The van der Waals surface area contributed by atoms with Crippen LogP contribution in [0.5, 0.6) is 0 Å². The van der Waals surface area contributed by atoms with Crippen LogP contribution < -0.4 is 5.32 Å². The molecule has 29 heavy (non-hydrogen) atoms. The first kappa shape index (κ1) is 21.1. The summed E-state index contributed by atoms with van der Waals surface area (Å²) in [6, 6.07) is 13.7. The van der Waals surface area contributed by atoms with Crippen molar-refractivity contribution >= 4 is 11.8 Å². The van der Waals surface area contributed by atoms with Crippen LogP contribution in [0.15, 0.2) is 48.7 Å². The van der Waals surface area contributed by atoms with Crippen LogP contribution in [0.3, 0.4) is 0 Å². The van der Waals surface area contributed by atoms with Crippen molar-refractivity contribution in [3.05, 3.63) is 59.9 Å². The molecule has 0 aliphatic carbocycles. The number of hydrogen-bond donors (Lipinski definition) is 1. The summed E-state index contributed by atoms with van der Waals surface area (Å²) < 4.78 is 19.5. The molecule has 0 radical (unpaired) electrons. The molecule has 1 aliphatic rings. The Morgan fingerprint density at radius 2 is 2.07 bits per heavy atom. The summed E-state index contributed by atoms with van der Waals surface area (Å²) >= 11 is 0. The van der Waals surface area contributed by atoms with E-state index in [1.54, 1.807) is 6.20 Å². The Hall–Kier alpha value is -2.63. The second-order valence-corrected chi connectivity index (χ2v) is 7.42. The minimum absolute atomic E-state index is 0.0552. The largest absolute Gasteiger partial charge is 0.449 e. The Labute approximate surface area is 172 Å². The van der Waals surface area contributed by atoms with Crippen LogP contribution in [-0.2, 0) is 11.2 Å². The van der Waals surface area contributed by atoms with Crippen molar-refractivity contribution in [1.82, 2.24) is 9.88 Å². The van der Waals surface area contributed by atoms with Gasteiger partial charge in [-0.25, -0.2) is 9.18 Å². The van der Waals surface area contributed by atoms with E-state index in [0.717, 1.165) is 37.9 Å². The lowest BCUT2D eigenvalue weighted by atomic mass is 10.1. The van der Waals surface area contributed by atoms with Crippen LogP contribution >= 0.6 is 0 Å². The molecule has 6 heteroatoms. The number of carbonyl (C=O) groups excluding carboxylic acids is 1. The highest BCUT2D eigenvalue weighted by atomic mass is 19.1. The first-order chi connectivity index (χ1) is 14.2. The molecular weight excluding hydrogens is 369 g/mol. The Bertz CT molecular complexity index is 772. The molecule has 2 aromatic rings. The fourth-order valence-corrected chi connectivity index (χ4v) is 3.63. The van der Waals surface area contributed by atoms with Crippen molar-refractivity contribution in [2.75, 3.05) is 25.0 Å². The number of alkyl halides is 1. The van der Waals surface area contributed by atoms with Crippen LogP contribution in [0, 0.1) is 0 Å². The zero-order valence-corrected chi connectivity index (χ0v) is 17.0. The molecule has 5 nitrogen and oxygen atoms in total. The number of anilines is 1. The van der Waals surface area contributed by atoms with Crippen LogP contribution in [0.1, 0.15) is 49.9 Å². The lowest BCUT2D eigenvalue weighted by Crippen LogP contribution is -2.33. The average Bonchev–Trinajstić information content (AvgIpc) is 3.14. The van der Waals surface area contributed by atoms with E-state index < -0.39 is 18.3 Å². The molecule has 2 heterocycles. The summed E-state index contributed by atoms with van der Waals surface area (Å²) in [6.07, 6.45) is 4.12. The number of aromatic nitrogens is 1. The molecule has 0 saturated carbocycles. The van der Waals surface area contributed by atoms with Gasteiger partial charge < -0.3 is 10.1 Å². The van der Waals surface area contributed by atoms with Gasteiger partial charge in [0.15, 0.2) is 0 Å². The third-order valence-electron chi connectivity index (χ3n) is 5.16. The van der Waals surface area contributed by atoms with Gasteiger partial charge in [-0.15, -0.1) is 0 Å². The summed E-state index contributed by atoms with van der Waals surface area (Å²) in [5.41, 5.74) is 2.86. The number of amides is 1. The van der Waals surface area contributed by atoms with Crippen molar-refractivity contribution in [3.8, 4) is 0 Å². The lowest BCUT2D eigenvalue weighted by molar-refractivity contribution is 0.0948. The average molecular weight is 400 g/mol. The van der Waals surface area contributed by atoms with Gasteiger partial charge in [-0.3, -0.25) is 9.88 Å². The van der Waals surface area contributed by atoms with Crippen molar-refractivity contribution in [2.45, 2.75) is 51.2 Å². The maximum atomic E-state index is 14.2. The van der Waals surface area contributed by atoms with Crippen molar-refractivity contribution in [2.24, 2.45) is 0 Å². The smallest absolute Gasteiger partial charge is 0.410 e. The van der Waals surface area contributed by atoms with E-state index >= 15 is 0 Å². The minimum Gasteiger partial charge on any atom is -0.449 e. The molecule has 1 saturated heterocycles. The second-order valence-electron chi connectivity index (χ2n) is 7.42. The number of rotatable bonds is 9. The zero-order chi connectivity index (χ0) is 20.5. The number of benzene rings is 1. The van der Waals surface area contributed by atoms with Crippen LogP contribution in [0.25, 0.3) is 0 Å². The van der Waals surface area contributed by atoms with Gasteiger partial charge in [0, 0.05) is 19.2 Å². The Balaban J connectivity index is 1.62. The maximum absolute atomic E-state index is 14.2. The number of halogens is 1. The van der Waals surface area contributed by atoms with Crippen LogP contribution in [0.2, 0.25) is 0 Å². The van der Waals surface area contributed by atoms with Gasteiger partial charge in [-0.05, 0) is 37.0 Å². The normalized spacial score (nSPS) is 18.6. The Kier molecular flexibility index (Phi) is 7.85. The molecule has 1 amide bonds. The highest BCUT2D eigenvalue weighted by Crippen LogP contribution is 2.36. The topological polar surface area (TPSA) is 54.5 Å². The summed E-state index contributed by atoms with van der Waals surface area (Å²) in [7, 11) is 0. The standard InChI is InChI=1S/C23H30FN3O2/c1-2-3-15-29-23(28)27-17-19(24)16-21(27)22-20(12-8-14-26-22)25-13-7-11-18-9-5-4-6-10-18/h4-6,8-10,12,14,19,21,25H,2-3,7,11,13,15-17H2,1H3/t19-,21+/m1/s1. The number of nitrogens with zero attached hydrogens (tertiary/aromatic N) is 2. The molecule has 1 fully saturated rings. The van der Waals surface area contributed by atoms with Gasteiger partial charge >= 0.3 is 6.09 Å². The monoisotopic (exact) mass is 399 g/mol. The van der Waals surface area contributed by atoms with Gasteiger partial charge in [0.05, 0.1) is 30.6 Å². The molecule has 0 unspecified atom stereocenters. The van der Waals surface area contributed by atoms with Crippen LogP contribution in [-0.4, -0.2) is 41.8 Å². The van der Waals surface area contributed by atoms with E-state index in [2.05, 4.69) is 22.4 Å². The number of likely N-dealkylation sites (tertiary alicyclic amines) is 1. The van der Waals surface area contributed by atoms with Gasteiger partial charge in [0.1, 0.15) is 6.17 Å². The Morgan fingerprint density at radius 3 is 2.86 bits per heavy atom. The van der Waals surface area contributed by atoms with Gasteiger partial charge in [-0.1, -0.05) is 43.7 Å². The van der Waals surface area contributed by atoms with Crippen molar-refractivity contribution in [1.29, 1.82) is 0 Å². The predicted octanol–water partition coefficient (Wildman–Crippen LogP) is 5.15. The molecule has 1 aliphatic heterocycles. The van der Waals surface area contributed by atoms with Gasteiger partial charge in [0.25, 0.3) is 0 Å². The molecule has 0 bridgehead atoms. The van der Waals surface area contributed by atoms with E-state index in [1.807, 2.05) is 37.3 Å². The van der Waals surface area contributed by atoms with Crippen LogP contribution in [0.4, 0.5) is 14.9 Å². The van der Waals surface area contributed by atoms with Gasteiger partial charge in [-0.2, -0.15) is 0 Å². The fraction of sp³-hybridized carbons (Fsp3) is 0.478. The highest BCUT2D eigenvalue weighted by molar-refractivity contribution is 5.69. The molecule has 0 spiro atoms. The van der Waals surface area contributed by atoms with Crippen molar-refractivity contribution in [3.63, 3.8) is 0 Å². The number of carbonyl (C=O) groups is 1. The zero-order valence-electron chi connectivity index (χ0n) is 17.0. The SMILES string of the molecule is CCCCOC(=O)N1C[C@H](F)C[C@H]1c1ncccc1NCCCc1ccccc1. The maximum Gasteiger partial charge on any atom is 0.410 e. The molecule has 1 aromatic heterocycles. The molecule has 1 aromatic carbocycles. The van der Waals surface area contributed by atoms with Gasteiger partial charge in [0.2, 0.25) is 0 Å². The predicted molar refractivity (Wildman–Crippen MR) is 113 cm³/mol. The number of ether oxygens (including phenoxy) is 1. The molecule has 2 atom stereocenters. The minimum atomic E-state index is -1.06. The summed E-state index contributed by atoms with van der Waals surface area (Å²) in [4.78, 5) is 18.4. The fourth-order valence-electron chi connectivity index (χ4n) is 3.63.